The Kier molecular flexibility index (Phi) is 7.39. The quantitative estimate of drug-likeness (QED) is 0.444. The van der Waals surface area contributed by atoms with Crippen LogP contribution in [0, 0.1) is 0 Å². The van der Waals surface area contributed by atoms with Gasteiger partial charge in [-0.25, -0.2) is 5.43 Å². The number of ether oxygens (including phenoxy) is 2. The normalized spacial score (nSPS) is 11.7. The third-order valence-corrected chi connectivity index (χ3v) is 4.22. The Morgan fingerprint density at radius 2 is 1.86 bits per heavy atom. The number of carbonyl (C=O) groups is 2. The van der Waals surface area contributed by atoms with Gasteiger partial charge in [0.1, 0.15) is 11.8 Å². The zero-order chi connectivity index (χ0) is 20.7. The number of phenols is 1. The summed E-state index contributed by atoms with van der Waals surface area (Å²) in [5.41, 5.74) is 3.07. The summed E-state index contributed by atoms with van der Waals surface area (Å²) in [5.74, 6) is -0.126. The summed E-state index contributed by atoms with van der Waals surface area (Å²) in [6, 6.07) is 8.90. The number of aromatic hydroxyl groups is 1. The topological polar surface area (TPSA) is 109 Å². The average molecular weight is 450 g/mol. The largest absolute Gasteiger partial charge is 0.504 e. The fraction of sp³-hybridized carbons (Fsp3) is 0.211. The number of carbonyl (C=O) groups excluding carboxylic acids is 2. The van der Waals surface area contributed by atoms with E-state index in [4.69, 9.17) is 9.47 Å². The molecule has 0 bridgehead atoms. The second-order valence-corrected chi connectivity index (χ2v) is 6.62. The van der Waals surface area contributed by atoms with Crippen molar-refractivity contribution in [1.82, 2.24) is 10.7 Å². The molecule has 2 aromatic rings. The maximum Gasteiger partial charge on any atom is 0.262 e. The molecule has 0 fully saturated rings. The van der Waals surface area contributed by atoms with Crippen molar-refractivity contribution in [2.24, 2.45) is 5.10 Å². The maximum atomic E-state index is 12.2. The van der Waals surface area contributed by atoms with Crippen molar-refractivity contribution in [2.45, 2.75) is 13.0 Å². The summed E-state index contributed by atoms with van der Waals surface area (Å²) in [4.78, 5) is 24.3. The van der Waals surface area contributed by atoms with E-state index in [-0.39, 0.29) is 11.5 Å². The number of hydrogen-bond acceptors (Lipinski definition) is 6. The lowest BCUT2D eigenvalue weighted by Crippen LogP contribution is -2.43. The summed E-state index contributed by atoms with van der Waals surface area (Å²) in [7, 11) is 2.96. The molecule has 0 spiro atoms. The summed E-state index contributed by atoms with van der Waals surface area (Å²) < 4.78 is 10.8. The van der Waals surface area contributed by atoms with E-state index in [1.165, 1.54) is 27.4 Å². The first kappa shape index (κ1) is 21.2. The highest BCUT2D eigenvalue weighted by Crippen LogP contribution is 2.32. The first-order valence-corrected chi connectivity index (χ1v) is 8.99. The Balaban J connectivity index is 1.96. The highest BCUT2D eigenvalue weighted by atomic mass is 79.9. The number of methoxy groups -OCH3 is 2. The molecule has 1 unspecified atom stereocenters. The molecular formula is C19H20BrN3O5. The Morgan fingerprint density at radius 3 is 2.46 bits per heavy atom. The number of halogens is 1. The zero-order valence-electron chi connectivity index (χ0n) is 15.5. The molecule has 28 heavy (non-hydrogen) atoms. The van der Waals surface area contributed by atoms with Crippen LogP contribution in [-0.2, 0) is 4.79 Å². The molecule has 0 radical (unpaired) electrons. The van der Waals surface area contributed by atoms with Crippen molar-refractivity contribution in [3.05, 3.63) is 52.0 Å². The van der Waals surface area contributed by atoms with Crippen molar-refractivity contribution >= 4 is 34.0 Å². The van der Waals surface area contributed by atoms with Gasteiger partial charge in [-0.15, -0.1) is 0 Å². The van der Waals surface area contributed by atoms with Crippen LogP contribution in [0.2, 0.25) is 0 Å². The number of hydrogen-bond donors (Lipinski definition) is 3. The van der Waals surface area contributed by atoms with Crippen LogP contribution in [0.5, 0.6) is 17.2 Å². The predicted octanol–water partition coefficient (Wildman–Crippen LogP) is 2.44. The van der Waals surface area contributed by atoms with Gasteiger partial charge in [-0.05, 0) is 43.3 Å². The summed E-state index contributed by atoms with van der Waals surface area (Å²) in [6.45, 7) is 1.53. The molecule has 3 N–H and O–H groups in total. The van der Waals surface area contributed by atoms with Crippen LogP contribution in [0.3, 0.4) is 0 Å². The molecule has 8 nitrogen and oxygen atoms in total. The van der Waals surface area contributed by atoms with Gasteiger partial charge in [-0.1, -0.05) is 15.9 Å². The number of nitrogens with zero attached hydrogens (tertiary/aromatic N) is 1. The van der Waals surface area contributed by atoms with Crippen molar-refractivity contribution < 1.29 is 24.2 Å². The molecule has 0 saturated heterocycles. The van der Waals surface area contributed by atoms with Crippen LogP contribution in [0.1, 0.15) is 22.8 Å². The number of nitrogens with one attached hydrogen (secondary N) is 2. The second-order valence-electron chi connectivity index (χ2n) is 5.70. The minimum absolute atomic E-state index is 0.107. The molecule has 2 amide bonds. The highest BCUT2D eigenvalue weighted by Gasteiger charge is 2.16. The van der Waals surface area contributed by atoms with E-state index in [1.807, 2.05) is 0 Å². The first-order chi connectivity index (χ1) is 13.3. The van der Waals surface area contributed by atoms with Gasteiger partial charge in [0.2, 0.25) is 0 Å². The summed E-state index contributed by atoms with van der Waals surface area (Å²) >= 11 is 3.29. The van der Waals surface area contributed by atoms with Gasteiger partial charge in [0.25, 0.3) is 11.8 Å². The fourth-order valence-corrected chi connectivity index (χ4v) is 2.65. The molecule has 2 aromatic carbocycles. The summed E-state index contributed by atoms with van der Waals surface area (Å²) in [5, 5.41) is 16.4. The van der Waals surface area contributed by atoms with Gasteiger partial charge in [0, 0.05) is 15.6 Å². The van der Waals surface area contributed by atoms with Gasteiger partial charge >= 0.3 is 0 Å². The third kappa shape index (κ3) is 5.46. The Hall–Kier alpha value is -3.07. The number of amides is 2. The SMILES string of the molecule is COc1ccc(C(=O)NC(C)C(=O)NN=Cc2cc(Br)cc(OC)c2O)cc1. The summed E-state index contributed by atoms with van der Waals surface area (Å²) in [6.07, 6.45) is 1.28. The molecule has 148 valence electrons. The number of hydrazone groups is 1. The van der Waals surface area contributed by atoms with Crippen LogP contribution in [0.4, 0.5) is 0 Å². The smallest absolute Gasteiger partial charge is 0.262 e. The van der Waals surface area contributed by atoms with Crippen molar-refractivity contribution in [2.75, 3.05) is 14.2 Å². The van der Waals surface area contributed by atoms with Crippen molar-refractivity contribution in [3.63, 3.8) is 0 Å². The van der Waals surface area contributed by atoms with E-state index in [9.17, 15) is 14.7 Å². The molecule has 0 aromatic heterocycles. The minimum Gasteiger partial charge on any atom is -0.504 e. The van der Waals surface area contributed by atoms with Crippen LogP contribution < -0.4 is 20.2 Å². The van der Waals surface area contributed by atoms with Gasteiger partial charge in [0.05, 0.1) is 20.4 Å². The number of phenolic OH excluding ortho intramolecular Hbond substituents is 1. The Labute approximate surface area is 170 Å². The van der Waals surface area contributed by atoms with Gasteiger partial charge in [-0.3, -0.25) is 9.59 Å². The molecule has 0 aliphatic rings. The lowest BCUT2D eigenvalue weighted by atomic mass is 10.2. The zero-order valence-corrected chi connectivity index (χ0v) is 17.1. The van der Waals surface area contributed by atoms with Crippen LogP contribution in [0.15, 0.2) is 46.0 Å². The molecule has 2 rings (SSSR count). The molecule has 1 atom stereocenters. The monoisotopic (exact) mass is 449 g/mol. The standard InChI is InChI=1S/C19H20BrN3O5/c1-11(22-19(26)12-4-6-15(27-2)7-5-12)18(25)23-21-10-13-8-14(20)9-16(28-3)17(13)24/h4-11,24H,1-3H3,(H,22,26)(H,23,25). The lowest BCUT2D eigenvalue weighted by molar-refractivity contribution is -0.122. The minimum atomic E-state index is -0.822. The second kappa shape index (κ2) is 9.75. The fourth-order valence-electron chi connectivity index (χ4n) is 2.20. The van der Waals surface area contributed by atoms with E-state index in [2.05, 4.69) is 31.8 Å². The maximum absolute atomic E-state index is 12.2. The van der Waals surface area contributed by atoms with E-state index < -0.39 is 17.9 Å². The van der Waals surface area contributed by atoms with Gasteiger partial charge in [0.15, 0.2) is 11.5 Å². The van der Waals surface area contributed by atoms with Crippen LogP contribution >= 0.6 is 15.9 Å². The molecule has 0 aliphatic heterocycles. The molecular weight excluding hydrogens is 430 g/mol. The molecule has 9 heteroatoms. The number of benzene rings is 2. The first-order valence-electron chi connectivity index (χ1n) is 8.20. The van der Waals surface area contributed by atoms with E-state index >= 15 is 0 Å². The third-order valence-electron chi connectivity index (χ3n) is 3.76. The predicted molar refractivity (Wildman–Crippen MR) is 108 cm³/mol. The molecule has 0 heterocycles. The highest BCUT2D eigenvalue weighted by molar-refractivity contribution is 9.10. The van der Waals surface area contributed by atoms with Crippen LogP contribution in [0.25, 0.3) is 0 Å². The molecule has 0 aliphatic carbocycles. The van der Waals surface area contributed by atoms with Crippen LogP contribution in [-0.4, -0.2) is 43.4 Å². The van der Waals surface area contributed by atoms with E-state index in [0.29, 0.717) is 21.3 Å². The molecule has 0 saturated carbocycles. The van der Waals surface area contributed by atoms with E-state index in [0.717, 1.165) is 0 Å². The lowest BCUT2D eigenvalue weighted by Gasteiger charge is -2.12. The average Bonchev–Trinajstić information content (AvgIpc) is 2.69. The van der Waals surface area contributed by atoms with E-state index in [1.54, 1.807) is 36.4 Å². The van der Waals surface area contributed by atoms with Crippen molar-refractivity contribution in [3.8, 4) is 17.2 Å². The van der Waals surface area contributed by atoms with Gasteiger partial charge < -0.3 is 19.9 Å². The number of rotatable bonds is 7. The van der Waals surface area contributed by atoms with Crippen molar-refractivity contribution in [1.29, 1.82) is 0 Å². The Bertz CT molecular complexity index is 884. The Morgan fingerprint density at radius 1 is 1.18 bits per heavy atom. The van der Waals surface area contributed by atoms with Gasteiger partial charge in [-0.2, -0.15) is 5.10 Å².